The van der Waals surface area contributed by atoms with E-state index in [1.165, 1.54) is 103 Å². The monoisotopic (exact) mass is 527 g/mol. The number of carbonyl (C=O) groups excluding carboxylic acids is 1. The van der Waals surface area contributed by atoms with Gasteiger partial charge in [-0.25, -0.2) is 9.98 Å². The van der Waals surface area contributed by atoms with Crippen molar-refractivity contribution in [3.63, 3.8) is 0 Å². The molecule has 0 heterocycles. The molecule has 0 spiro atoms. The van der Waals surface area contributed by atoms with E-state index >= 15 is 0 Å². The first-order valence-electron chi connectivity index (χ1n) is 16.7. The molecule has 0 amide bonds. The molecule has 0 aromatic rings. The molecular formula is C33H57N3O2. The van der Waals surface area contributed by atoms with E-state index in [2.05, 4.69) is 25.3 Å². The van der Waals surface area contributed by atoms with Crippen molar-refractivity contribution in [1.82, 2.24) is 5.48 Å². The van der Waals surface area contributed by atoms with Crippen molar-refractivity contribution in [3.05, 3.63) is 0 Å². The molecule has 4 rings (SSSR count). The molecule has 0 bridgehead atoms. The first kappa shape index (κ1) is 29.8. The number of nitrogens with zero attached hydrogens (tertiary/aromatic N) is 2. The van der Waals surface area contributed by atoms with E-state index in [0.717, 1.165) is 55.3 Å². The number of aliphatic imine (C=N–C) groups is 2. The Hall–Kier alpha value is -1.19. The number of hydrogen-bond acceptors (Lipinski definition) is 5. The highest BCUT2D eigenvalue weighted by Crippen LogP contribution is 2.38. The summed E-state index contributed by atoms with van der Waals surface area (Å²) in [6.45, 7) is 4.52. The summed E-state index contributed by atoms with van der Waals surface area (Å²) in [5.41, 5.74) is 3.05. The van der Waals surface area contributed by atoms with Gasteiger partial charge in [0.2, 0.25) is 0 Å². The van der Waals surface area contributed by atoms with Crippen LogP contribution in [0.15, 0.2) is 9.98 Å². The van der Waals surface area contributed by atoms with Crippen molar-refractivity contribution < 1.29 is 9.63 Å². The Labute approximate surface area is 233 Å². The van der Waals surface area contributed by atoms with Gasteiger partial charge in [0.1, 0.15) is 0 Å². The fourth-order valence-corrected chi connectivity index (χ4v) is 7.76. The quantitative estimate of drug-likeness (QED) is 0.216. The second-order valence-corrected chi connectivity index (χ2v) is 13.7. The van der Waals surface area contributed by atoms with Gasteiger partial charge in [-0.3, -0.25) is 4.79 Å². The standard InChI is InChI=1S/C33H57N3O2/c1-3-4-5-33(37)38-36-32-20-14-29(15-21-32)23-28-12-18-31(19-13-28)35-24-34-30-16-10-27(11-17-30)22-26-8-6-25(2)7-9-26/h25-32,36H,3-23H2,1-2H3. The highest BCUT2D eigenvalue weighted by Gasteiger charge is 2.28. The zero-order valence-corrected chi connectivity index (χ0v) is 24.7. The molecule has 216 valence electrons. The molecule has 4 fully saturated rings. The van der Waals surface area contributed by atoms with Crippen LogP contribution in [0.3, 0.4) is 0 Å². The number of rotatable bonds is 11. The summed E-state index contributed by atoms with van der Waals surface area (Å²) in [7, 11) is 0. The van der Waals surface area contributed by atoms with Crippen molar-refractivity contribution >= 4 is 12.0 Å². The molecule has 0 aliphatic heterocycles. The zero-order valence-electron chi connectivity index (χ0n) is 24.7. The highest BCUT2D eigenvalue weighted by molar-refractivity contribution is 5.68. The first-order valence-corrected chi connectivity index (χ1v) is 16.7. The van der Waals surface area contributed by atoms with Crippen molar-refractivity contribution in [2.75, 3.05) is 0 Å². The Morgan fingerprint density at radius 3 is 1.63 bits per heavy atom. The minimum atomic E-state index is -0.106. The van der Waals surface area contributed by atoms with Crippen LogP contribution in [0.4, 0.5) is 0 Å². The van der Waals surface area contributed by atoms with Gasteiger partial charge in [-0.1, -0.05) is 46.0 Å². The lowest BCUT2D eigenvalue weighted by Crippen LogP contribution is -2.35. The minimum absolute atomic E-state index is 0.106. The molecule has 5 heteroatoms. The molecule has 4 aliphatic carbocycles. The summed E-state index contributed by atoms with van der Waals surface area (Å²) in [5.74, 6) is 4.52. The largest absolute Gasteiger partial charge is 0.370 e. The number of nitrogens with one attached hydrogen (secondary N) is 1. The molecule has 0 aromatic carbocycles. The van der Waals surface area contributed by atoms with Crippen molar-refractivity contribution in [1.29, 1.82) is 0 Å². The van der Waals surface area contributed by atoms with Gasteiger partial charge >= 0.3 is 5.97 Å². The van der Waals surface area contributed by atoms with E-state index in [0.29, 0.717) is 24.5 Å². The summed E-state index contributed by atoms with van der Waals surface area (Å²) in [6, 6.07) is 4.43. The van der Waals surface area contributed by atoms with Gasteiger partial charge in [0.25, 0.3) is 0 Å². The Bertz CT molecular complexity index is 731. The van der Waals surface area contributed by atoms with Crippen LogP contribution in [0.5, 0.6) is 0 Å². The molecule has 38 heavy (non-hydrogen) atoms. The second kappa shape index (κ2) is 16.2. The summed E-state index contributed by atoms with van der Waals surface area (Å²) in [6.07, 6.45) is 26.3. The highest BCUT2D eigenvalue weighted by atomic mass is 16.7. The van der Waals surface area contributed by atoms with Gasteiger partial charge in [0.05, 0.1) is 18.1 Å². The van der Waals surface area contributed by atoms with Crippen LogP contribution >= 0.6 is 0 Å². The summed E-state index contributed by atoms with van der Waals surface area (Å²) in [5, 5.41) is 0. The van der Waals surface area contributed by atoms with Gasteiger partial charge in [0, 0.05) is 12.5 Å². The van der Waals surface area contributed by atoms with E-state index in [1.54, 1.807) is 0 Å². The van der Waals surface area contributed by atoms with Gasteiger partial charge < -0.3 is 4.84 Å². The first-order chi connectivity index (χ1) is 18.6. The molecule has 4 saturated carbocycles. The Balaban J connectivity index is 1.05. The molecule has 1 N–H and O–H groups in total. The molecule has 4 aliphatic rings. The predicted octanol–water partition coefficient (Wildman–Crippen LogP) is 8.68. The third kappa shape index (κ3) is 10.4. The predicted molar refractivity (Wildman–Crippen MR) is 156 cm³/mol. The number of unbranched alkanes of at least 4 members (excludes halogenated alkanes) is 1. The maximum atomic E-state index is 11.7. The molecule has 5 nitrogen and oxygen atoms in total. The van der Waals surface area contributed by atoms with Crippen LogP contribution < -0.4 is 5.48 Å². The van der Waals surface area contributed by atoms with Gasteiger partial charge in [-0.2, -0.15) is 5.48 Å². The number of hydrogen-bond donors (Lipinski definition) is 1. The molecule has 0 unspecified atom stereocenters. The molecule has 0 saturated heterocycles. The van der Waals surface area contributed by atoms with Gasteiger partial charge in [-0.05, 0) is 126 Å². The second-order valence-electron chi connectivity index (χ2n) is 13.7. The maximum Gasteiger partial charge on any atom is 0.324 e. The van der Waals surface area contributed by atoms with Crippen molar-refractivity contribution in [3.8, 4) is 0 Å². The lowest BCUT2D eigenvalue weighted by molar-refractivity contribution is -0.153. The Morgan fingerprint density at radius 2 is 1.16 bits per heavy atom. The van der Waals surface area contributed by atoms with Gasteiger partial charge in [0.15, 0.2) is 0 Å². The normalized spacial score (nSPS) is 36.2. The third-order valence-electron chi connectivity index (χ3n) is 10.5. The summed E-state index contributed by atoms with van der Waals surface area (Å²) < 4.78 is 0. The lowest BCUT2D eigenvalue weighted by atomic mass is 9.75. The van der Waals surface area contributed by atoms with Crippen LogP contribution in [-0.4, -0.2) is 30.1 Å². The van der Waals surface area contributed by atoms with Crippen LogP contribution in [-0.2, 0) is 9.63 Å². The Morgan fingerprint density at radius 1 is 0.711 bits per heavy atom. The van der Waals surface area contributed by atoms with E-state index in [1.807, 2.05) is 0 Å². The summed E-state index contributed by atoms with van der Waals surface area (Å²) >= 11 is 0. The molecule has 0 atom stereocenters. The molecule has 0 radical (unpaired) electrons. The topological polar surface area (TPSA) is 63.0 Å². The Kier molecular flexibility index (Phi) is 12.7. The minimum Gasteiger partial charge on any atom is -0.370 e. The third-order valence-corrected chi connectivity index (χ3v) is 10.5. The number of carbonyl (C=O) groups is 1. The van der Waals surface area contributed by atoms with Crippen LogP contribution in [0.1, 0.15) is 149 Å². The van der Waals surface area contributed by atoms with E-state index < -0.39 is 0 Å². The SMILES string of the molecule is CCCCC(=O)ONC1CCC(CC2CCC(N=C=NC3CCC(CC4CCC(C)CC4)CC3)CC2)CC1. The molecular weight excluding hydrogens is 470 g/mol. The average Bonchev–Trinajstić information content (AvgIpc) is 2.94. The average molecular weight is 528 g/mol. The lowest BCUT2D eigenvalue weighted by Gasteiger charge is -2.33. The fourth-order valence-electron chi connectivity index (χ4n) is 7.76. The molecule has 0 aromatic heterocycles. The van der Waals surface area contributed by atoms with Crippen molar-refractivity contribution in [2.24, 2.45) is 39.6 Å². The van der Waals surface area contributed by atoms with Gasteiger partial charge in [-0.15, -0.1) is 0 Å². The van der Waals surface area contributed by atoms with Crippen LogP contribution in [0.25, 0.3) is 0 Å². The smallest absolute Gasteiger partial charge is 0.324 e. The van der Waals surface area contributed by atoms with Crippen LogP contribution in [0, 0.1) is 29.6 Å². The van der Waals surface area contributed by atoms with Crippen molar-refractivity contribution in [2.45, 2.75) is 167 Å². The van der Waals surface area contributed by atoms with Crippen LogP contribution in [0.2, 0.25) is 0 Å². The van der Waals surface area contributed by atoms with E-state index in [-0.39, 0.29) is 5.97 Å². The maximum absolute atomic E-state index is 11.7. The van der Waals surface area contributed by atoms with E-state index in [4.69, 9.17) is 14.8 Å². The van der Waals surface area contributed by atoms with E-state index in [9.17, 15) is 4.79 Å². The number of hydroxylamine groups is 1. The fraction of sp³-hybridized carbons (Fsp3) is 0.939. The summed E-state index contributed by atoms with van der Waals surface area (Å²) in [4.78, 5) is 26.5. The zero-order chi connectivity index (χ0) is 26.6.